The first-order valence-electron chi connectivity index (χ1n) is 8.22. The molecule has 1 aromatic rings. The maximum absolute atomic E-state index is 14.2. The summed E-state index contributed by atoms with van der Waals surface area (Å²) in [6.07, 6.45) is 4.99. The molecule has 2 rings (SSSR count). The standard InChI is InChI=1S/C18H29FN2/c1-13(2)20-12-16-17(19)6-5-7-18(16)21(4)15-10-8-14(3)9-11-15/h5-7,13-15,20H,8-12H2,1-4H3. The predicted molar refractivity (Wildman–Crippen MR) is 88.2 cm³/mol. The molecule has 21 heavy (non-hydrogen) atoms. The van der Waals surface area contributed by atoms with Crippen LogP contribution in [-0.4, -0.2) is 19.1 Å². The molecule has 0 aliphatic heterocycles. The van der Waals surface area contributed by atoms with Crippen LogP contribution in [0.3, 0.4) is 0 Å². The third kappa shape index (κ3) is 4.19. The SMILES string of the molecule is CC1CCC(N(C)c2cccc(F)c2CNC(C)C)CC1. The van der Waals surface area contributed by atoms with Gasteiger partial charge in [-0.15, -0.1) is 0 Å². The number of halogens is 1. The molecule has 2 nitrogen and oxygen atoms in total. The van der Waals surface area contributed by atoms with Gasteiger partial charge in [0.05, 0.1) is 0 Å². The Morgan fingerprint density at radius 1 is 1.24 bits per heavy atom. The number of benzene rings is 1. The minimum atomic E-state index is -0.100. The Morgan fingerprint density at radius 3 is 2.52 bits per heavy atom. The van der Waals surface area contributed by atoms with E-state index in [1.807, 2.05) is 6.07 Å². The van der Waals surface area contributed by atoms with E-state index in [9.17, 15) is 4.39 Å². The summed E-state index contributed by atoms with van der Waals surface area (Å²) in [5, 5.41) is 3.34. The molecular weight excluding hydrogens is 263 g/mol. The van der Waals surface area contributed by atoms with Gasteiger partial charge in [-0.1, -0.05) is 26.8 Å². The van der Waals surface area contributed by atoms with Crippen molar-refractivity contribution in [3.8, 4) is 0 Å². The van der Waals surface area contributed by atoms with Crippen LogP contribution in [0.4, 0.5) is 10.1 Å². The van der Waals surface area contributed by atoms with Gasteiger partial charge in [0.2, 0.25) is 0 Å². The second-order valence-corrected chi connectivity index (χ2v) is 6.80. The first-order valence-corrected chi connectivity index (χ1v) is 8.22. The van der Waals surface area contributed by atoms with E-state index in [0.29, 0.717) is 18.6 Å². The van der Waals surface area contributed by atoms with Crippen molar-refractivity contribution in [3.05, 3.63) is 29.6 Å². The fourth-order valence-corrected chi connectivity index (χ4v) is 3.19. The summed E-state index contributed by atoms with van der Waals surface area (Å²) in [4.78, 5) is 2.30. The predicted octanol–water partition coefficient (Wildman–Crippen LogP) is 4.34. The molecule has 0 amide bonds. The third-order valence-corrected chi connectivity index (χ3v) is 4.69. The van der Waals surface area contributed by atoms with Crippen LogP contribution in [0.15, 0.2) is 18.2 Å². The fraction of sp³-hybridized carbons (Fsp3) is 0.667. The lowest BCUT2D eigenvalue weighted by Crippen LogP contribution is -2.36. The summed E-state index contributed by atoms with van der Waals surface area (Å²) in [5.41, 5.74) is 1.84. The lowest BCUT2D eigenvalue weighted by Gasteiger charge is -2.36. The van der Waals surface area contributed by atoms with Crippen LogP contribution in [0.1, 0.15) is 52.0 Å². The highest BCUT2D eigenvalue weighted by atomic mass is 19.1. The van der Waals surface area contributed by atoms with Crippen molar-refractivity contribution in [2.24, 2.45) is 5.92 Å². The van der Waals surface area contributed by atoms with Gasteiger partial charge in [-0.05, 0) is 43.7 Å². The molecule has 0 atom stereocenters. The van der Waals surface area contributed by atoms with E-state index in [-0.39, 0.29) is 5.82 Å². The van der Waals surface area contributed by atoms with Gasteiger partial charge >= 0.3 is 0 Å². The number of rotatable bonds is 5. The van der Waals surface area contributed by atoms with E-state index < -0.39 is 0 Å². The van der Waals surface area contributed by atoms with E-state index in [1.165, 1.54) is 25.7 Å². The minimum absolute atomic E-state index is 0.100. The molecule has 0 heterocycles. The van der Waals surface area contributed by atoms with Crippen molar-refractivity contribution in [2.75, 3.05) is 11.9 Å². The number of nitrogens with one attached hydrogen (secondary N) is 1. The van der Waals surface area contributed by atoms with Gasteiger partial charge in [-0.25, -0.2) is 4.39 Å². The summed E-state index contributed by atoms with van der Waals surface area (Å²) in [6.45, 7) is 7.10. The largest absolute Gasteiger partial charge is 0.371 e. The van der Waals surface area contributed by atoms with Crippen molar-refractivity contribution < 1.29 is 4.39 Å². The second kappa shape index (κ2) is 7.26. The Kier molecular flexibility index (Phi) is 5.63. The molecule has 0 aromatic heterocycles. The molecule has 1 aliphatic rings. The van der Waals surface area contributed by atoms with Gasteiger partial charge in [-0.2, -0.15) is 0 Å². The van der Waals surface area contributed by atoms with E-state index in [2.05, 4.69) is 44.1 Å². The Bertz CT molecular complexity index is 451. The maximum atomic E-state index is 14.2. The number of anilines is 1. The van der Waals surface area contributed by atoms with E-state index >= 15 is 0 Å². The molecule has 3 heteroatoms. The van der Waals surface area contributed by atoms with Crippen LogP contribution in [0, 0.1) is 11.7 Å². The quantitative estimate of drug-likeness (QED) is 0.868. The van der Waals surface area contributed by atoms with Gasteiger partial charge in [0, 0.05) is 36.9 Å². The van der Waals surface area contributed by atoms with Gasteiger partial charge in [-0.3, -0.25) is 0 Å². The zero-order chi connectivity index (χ0) is 15.4. The van der Waals surface area contributed by atoms with Crippen molar-refractivity contribution in [2.45, 2.75) is 65.1 Å². The summed E-state index contributed by atoms with van der Waals surface area (Å²) < 4.78 is 14.2. The van der Waals surface area contributed by atoms with Crippen molar-refractivity contribution >= 4 is 5.69 Å². The van der Waals surface area contributed by atoms with E-state index in [0.717, 1.165) is 17.2 Å². The van der Waals surface area contributed by atoms with Gasteiger partial charge in [0.1, 0.15) is 5.82 Å². The Labute approximate surface area is 128 Å². The third-order valence-electron chi connectivity index (χ3n) is 4.69. The van der Waals surface area contributed by atoms with Crippen LogP contribution in [0.2, 0.25) is 0 Å². The van der Waals surface area contributed by atoms with E-state index in [4.69, 9.17) is 0 Å². The molecule has 1 N–H and O–H groups in total. The van der Waals surface area contributed by atoms with Crippen molar-refractivity contribution in [1.29, 1.82) is 0 Å². The van der Waals surface area contributed by atoms with Crippen LogP contribution in [0.5, 0.6) is 0 Å². The maximum Gasteiger partial charge on any atom is 0.129 e. The fourth-order valence-electron chi connectivity index (χ4n) is 3.19. The molecule has 1 saturated carbocycles. The smallest absolute Gasteiger partial charge is 0.129 e. The summed E-state index contributed by atoms with van der Waals surface area (Å²) in [6, 6.07) is 6.35. The van der Waals surface area contributed by atoms with Gasteiger partial charge in [0.15, 0.2) is 0 Å². The number of hydrogen-bond donors (Lipinski definition) is 1. The number of hydrogen-bond acceptors (Lipinski definition) is 2. The van der Waals surface area contributed by atoms with Gasteiger partial charge in [0.25, 0.3) is 0 Å². The molecular formula is C18H29FN2. The molecule has 1 aliphatic carbocycles. The normalized spacial score (nSPS) is 22.6. The Balaban J connectivity index is 2.15. The van der Waals surface area contributed by atoms with Crippen LogP contribution < -0.4 is 10.2 Å². The van der Waals surface area contributed by atoms with E-state index in [1.54, 1.807) is 6.07 Å². The molecule has 118 valence electrons. The average molecular weight is 292 g/mol. The highest BCUT2D eigenvalue weighted by Gasteiger charge is 2.24. The first kappa shape index (κ1) is 16.3. The summed E-state index contributed by atoms with van der Waals surface area (Å²) >= 11 is 0. The lowest BCUT2D eigenvalue weighted by atomic mass is 9.86. The molecule has 0 spiro atoms. The zero-order valence-electron chi connectivity index (χ0n) is 13.8. The van der Waals surface area contributed by atoms with Crippen molar-refractivity contribution in [3.63, 3.8) is 0 Å². The van der Waals surface area contributed by atoms with Crippen molar-refractivity contribution in [1.82, 2.24) is 5.32 Å². The topological polar surface area (TPSA) is 15.3 Å². The molecule has 0 saturated heterocycles. The molecule has 0 unspecified atom stereocenters. The van der Waals surface area contributed by atoms with Crippen LogP contribution >= 0.6 is 0 Å². The average Bonchev–Trinajstić information content (AvgIpc) is 2.45. The molecule has 1 fully saturated rings. The molecule has 0 bridgehead atoms. The Hall–Kier alpha value is -1.09. The number of nitrogens with zero attached hydrogens (tertiary/aromatic N) is 1. The highest BCUT2D eigenvalue weighted by Crippen LogP contribution is 2.31. The van der Waals surface area contributed by atoms with Crippen LogP contribution in [0.25, 0.3) is 0 Å². The molecule has 0 radical (unpaired) electrons. The lowest BCUT2D eigenvalue weighted by molar-refractivity contribution is 0.340. The minimum Gasteiger partial charge on any atom is -0.371 e. The second-order valence-electron chi connectivity index (χ2n) is 6.80. The molecule has 1 aromatic carbocycles. The Morgan fingerprint density at radius 2 is 1.90 bits per heavy atom. The zero-order valence-corrected chi connectivity index (χ0v) is 13.8. The monoisotopic (exact) mass is 292 g/mol. The first-order chi connectivity index (χ1) is 9.99. The van der Waals surface area contributed by atoms with Crippen LogP contribution in [-0.2, 0) is 6.54 Å². The summed E-state index contributed by atoms with van der Waals surface area (Å²) in [5.74, 6) is 0.737. The van der Waals surface area contributed by atoms with Gasteiger partial charge < -0.3 is 10.2 Å². The highest BCUT2D eigenvalue weighted by molar-refractivity contribution is 5.54. The summed E-state index contributed by atoms with van der Waals surface area (Å²) in [7, 11) is 2.12.